The van der Waals surface area contributed by atoms with Gasteiger partial charge in [0.1, 0.15) is 6.54 Å². The number of carbonyl (C=O) groups excluding carboxylic acids is 2. The van der Waals surface area contributed by atoms with Crippen molar-refractivity contribution in [1.29, 1.82) is 0 Å². The van der Waals surface area contributed by atoms with Gasteiger partial charge in [0.25, 0.3) is 0 Å². The standard InChI is InChI=1S/C20H22N2O5/c1-25-19(23)12-21-20(24)22-16(9-14-5-3-2-4-6-14)10-15-7-8-17-18(11-15)27-13-26-17/h2-8,11,16H,9-10,12-13H2,1H3,(H2,21,22,24). The molecule has 2 aromatic rings. The fraction of sp³-hybridized carbons (Fsp3) is 0.300. The first-order valence-corrected chi connectivity index (χ1v) is 8.67. The number of urea groups is 1. The van der Waals surface area contributed by atoms with Crippen molar-refractivity contribution in [3.63, 3.8) is 0 Å². The number of esters is 1. The molecule has 7 nitrogen and oxygen atoms in total. The van der Waals surface area contributed by atoms with E-state index in [0.29, 0.717) is 18.6 Å². The van der Waals surface area contributed by atoms with Crippen LogP contribution in [0, 0.1) is 0 Å². The Labute approximate surface area is 157 Å². The lowest BCUT2D eigenvalue weighted by Crippen LogP contribution is -2.45. The van der Waals surface area contributed by atoms with Gasteiger partial charge >= 0.3 is 12.0 Å². The van der Waals surface area contributed by atoms with E-state index < -0.39 is 12.0 Å². The molecule has 7 heteroatoms. The van der Waals surface area contributed by atoms with Crippen LogP contribution in [0.1, 0.15) is 11.1 Å². The lowest BCUT2D eigenvalue weighted by Gasteiger charge is -2.19. The van der Waals surface area contributed by atoms with E-state index in [2.05, 4.69) is 15.4 Å². The summed E-state index contributed by atoms with van der Waals surface area (Å²) in [6, 6.07) is 15.1. The zero-order valence-electron chi connectivity index (χ0n) is 15.1. The monoisotopic (exact) mass is 370 g/mol. The van der Waals surface area contributed by atoms with Gasteiger partial charge in [-0.15, -0.1) is 0 Å². The van der Waals surface area contributed by atoms with Crippen LogP contribution in [-0.4, -0.2) is 38.5 Å². The highest BCUT2D eigenvalue weighted by Gasteiger charge is 2.18. The molecule has 2 aromatic carbocycles. The lowest BCUT2D eigenvalue weighted by molar-refractivity contribution is -0.139. The largest absolute Gasteiger partial charge is 0.468 e. The molecule has 2 amide bonds. The van der Waals surface area contributed by atoms with Crippen molar-refractivity contribution in [2.45, 2.75) is 18.9 Å². The Balaban J connectivity index is 1.67. The van der Waals surface area contributed by atoms with Crippen LogP contribution in [0.5, 0.6) is 11.5 Å². The van der Waals surface area contributed by atoms with Gasteiger partial charge in [-0.2, -0.15) is 0 Å². The number of ether oxygens (including phenoxy) is 3. The number of carbonyl (C=O) groups is 2. The summed E-state index contributed by atoms with van der Waals surface area (Å²) in [4.78, 5) is 23.4. The summed E-state index contributed by atoms with van der Waals surface area (Å²) < 4.78 is 15.3. The second-order valence-electron chi connectivity index (χ2n) is 6.18. The summed E-state index contributed by atoms with van der Waals surface area (Å²) in [5.41, 5.74) is 2.13. The van der Waals surface area contributed by atoms with Crippen LogP contribution in [-0.2, 0) is 22.4 Å². The molecule has 0 aromatic heterocycles. The van der Waals surface area contributed by atoms with Gasteiger partial charge in [-0.1, -0.05) is 36.4 Å². The molecular weight excluding hydrogens is 348 g/mol. The van der Waals surface area contributed by atoms with E-state index in [-0.39, 0.29) is 19.4 Å². The predicted molar refractivity (Wildman–Crippen MR) is 98.8 cm³/mol. The number of methoxy groups -OCH3 is 1. The number of hydrogen-bond donors (Lipinski definition) is 2. The highest BCUT2D eigenvalue weighted by atomic mass is 16.7. The SMILES string of the molecule is COC(=O)CNC(=O)NC(Cc1ccccc1)Cc1ccc2c(c1)OCO2. The van der Waals surface area contributed by atoms with E-state index in [1.807, 2.05) is 48.5 Å². The third-order valence-corrected chi connectivity index (χ3v) is 4.20. The highest BCUT2D eigenvalue weighted by molar-refractivity contribution is 5.80. The van der Waals surface area contributed by atoms with Crippen molar-refractivity contribution >= 4 is 12.0 Å². The van der Waals surface area contributed by atoms with Gasteiger partial charge < -0.3 is 24.8 Å². The van der Waals surface area contributed by atoms with Crippen molar-refractivity contribution in [2.24, 2.45) is 0 Å². The van der Waals surface area contributed by atoms with Crippen LogP contribution >= 0.6 is 0 Å². The minimum atomic E-state index is -0.500. The van der Waals surface area contributed by atoms with Crippen LogP contribution in [0.3, 0.4) is 0 Å². The number of fused-ring (bicyclic) bond motifs is 1. The molecule has 0 radical (unpaired) electrons. The van der Waals surface area contributed by atoms with Crippen molar-refractivity contribution in [2.75, 3.05) is 20.4 Å². The van der Waals surface area contributed by atoms with Crippen LogP contribution < -0.4 is 20.1 Å². The third kappa shape index (κ3) is 5.37. The molecule has 27 heavy (non-hydrogen) atoms. The van der Waals surface area contributed by atoms with Gasteiger partial charge in [0.15, 0.2) is 11.5 Å². The molecule has 0 aliphatic carbocycles. The number of benzene rings is 2. The molecule has 1 aliphatic rings. The molecule has 1 unspecified atom stereocenters. The minimum absolute atomic E-state index is 0.162. The van der Waals surface area contributed by atoms with E-state index >= 15 is 0 Å². The predicted octanol–water partition coefficient (Wildman–Crippen LogP) is 2.04. The highest BCUT2D eigenvalue weighted by Crippen LogP contribution is 2.32. The minimum Gasteiger partial charge on any atom is -0.468 e. The Morgan fingerprint density at radius 1 is 1.04 bits per heavy atom. The van der Waals surface area contributed by atoms with Gasteiger partial charge in [-0.05, 0) is 36.1 Å². The quantitative estimate of drug-likeness (QED) is 0.729. The molecule has 2 N–H and O–H groups in total. The van der Waals surface area contributed by atoms with Crippen LogP contribution in [0.2, 0.25) is 0 Å². The van der Waals surface area contributed by atoms with Gasteiger partial charge in [-0.3, -0.25) is 4.79 Å². The Bertz CT molecular complexity index is 794. The fourth-order valence-corrected chi connectivity index (χ4v) is 2.89. The van der Waals surface area contributed by atoms with Crippen molar-refractivity contribution in [3.05, 3.63) is 59.7 Å². The van der Waals surface area contributed by atoms with Crippen molar-refractivity contribution < 1.29 is 23.8 Å². The number of hydrogen-bond acceptors (Lipinski definition) is 5. The van der Waals surface area contributed by atoms with Gasteiger partial charge in [0.2, 0.25) is 6.79 Å². The second-order valence-corrected chi connectivity index (χ2v) is 6.18. The first-order valence-electron chi connectivity index (χ1n) is 8.67. The van der Waals surface area contributed by atoms with E-state index in [0.717, 1.165) is 16.9 Å². The molecule has 1 heterocycles. The van der Waals surface area contributed by atoms with Gasteiger partial charge in [0, 0.05) is 6.04 Å². The van der Waals surface area contributed by atoms with Crippen molar-refractivity contribution in [3.8, 4) is 11.5 Å². The molecule has 0 saturated heterocycles. The summed E-state index contributed by atoms with van der Waals surface area (Å²) in [6.07, 6.45) is 1.26. The maximum Gasteiger partial charge on any atom is 0.325 e. The van der Waals surface area contributed by atoms with Crippen molar-refractivity contribution in [1.82, 2.24) is 10.6 Å². The lowest BCUT2D eigenvalue weighted by atomic mass is 9.99. The van der Waals surface area contributed by atoms with E-state index in [1.165, 1.54) is 7.11 Å². The third-order valence-electron chi connectivity index (χ3n) is 4.20. The molecule has 142 valence electrons. The van der Waals surface area contributed by atoms with Crippen LogP contribution in [0.15, 0.2) is 48.5 Å². The molecule has 0 fully saturated rings. The van der Waals surface area contributed by atoms with Gasteiger partial charge in [0.05, 0.1) is 7.11 Å². The summed E-state index contributed by atoms with van der Waals surface area (Å²) in [5.74, 6) is 0.934. The molecule has 0 spiro atoms. The molecule has 0 bridgehead atoms. The summed E-state index contributed by atoms with van der Waals surface area (Å²) >= 11 is 0. The molecular formula is C20H22N2O5. The zero-order chi connectivity index (χ0) is 19.1. The maximum absolute atomic E-state index is 12.2. The molecule has 1 atom stereocenters. The first kappa shape index (κ1) is 18.6. The molecule has 3 rings (SSSR count). The number of rotatable bonds is 7. The topological polar surface area (TPSA) is 85.9 Å². The van der Waals surface area contributed by atoms with Crippen LogP contribution in [0.4, 0.5) is 4.79 Å². The Kier molecular flexibility index (Phi) is 6.14. The van der Waals surface area contributed by atoms with E-state index in [9.17, 15) is 9.59 Å². The second kappa shape index (κ2) is 8.93. The van der Waals surface area contributed by atoms with E-state index in [1.54, 1.807) is 0 Å². The van der Waals surface area contributed by atoms with E-state index in [4.69, 9.17) is 9.47 Å². The Morgan fingerprint density at radius 3 is 2.56 bits per heavy atom. The van der Waals surface area contributed by atoms with Gasteiger partial charge in [-0.25, -0.2) is 4.79 Å². The normalized spacial score (nSPS) is 12.9. The average Bonchev–Trinajstić information content (AvgIpc) is 3.14. The smallest absolute Gasteiger partial charge is 0.325 e. The molecule has 0 saturated carbocycles. The first-order chi connectivity index (χ1) is 13.1. The summed E-state index contributed by atoms with van der Waals surface area (Å²) in [6.45, 7) is 0.0465. The van der Waals surface area contributed by atoms with Crippen LogP contribution in [0.25, 0.3) is 0 Å². The fourth-order valence-electron chi connectivity index (χ4n) is 2.89. The summed E-state index contributed by atoms with van der Waals surface area (Å²) in [5, 5.41) is 5.44. The number of nitrogens with one attached hydrogen (secondary N) is 2. The zero-order valence-corrected chi connectivity index (χ0v) is 15.1. The molecule has 1 aliphatic heterocycles. The summed E-state index contributed by atoms with van der Waals surface area (Å²) in [7, 11) is 1.28. The maximum atomic E-state index is 12.2. The Morgan fingerprint density at radius 2 is 1.78 bits per heavy atom. The average molecular weight is 370 g/mol. The Hall–Kier alpha value is -3.22. The number of amides is 2.